The first kappa shape index (κ1) is 15.8. The normalized spacial score (nSPS) is 11.2. The number of imidazole rings is 1. The minimum atomic E-state index is -0.550. The number of alkyl carbamates (subject to hydrolysis) is 1. The van der Waals surface area contributed by atoms with Crippen molar-refractivity contribution in [1.29, 1.82) is 0 Å². The third-order valence-corrected chi connectivity index (χ3v) is 2.70. The summed E-state index contributed by atoms with van der Waals surface area (Å²) < 4.78 is 6.93. The van der Waals surface area contributed by atoms with Crippen LogP contribution in [0, 0.1) is 0 Å². The maximum Gasteiger partial charge on any atom is 0.407 e. The molecule has 0 saturated carbocycles. The SMILES string of the molecule is CC(C)(C)OC(=O)NCCC(=O)Nc1ccn2ccnc2c1. The summed E-state index contributed by atoms with van der Waals surface area (Å²) in [5.74, 6) is -0.188. The van der Waals surface area contributed by atoms with Gasteiger partial charge in [0.2, 0.25) is 5.91 Å². The lowest BCUT2D eigenvalue weighted by molar-refractivity contribution is -0.116. The largest absolute Gasteiger partial charge is 0.444 e. The lowest BCUT2D eigenvalue weighted by Gasteiger charge is -2.19. The van der Waals surface area contributed by atoms with Gasteiger partial charge in [-0.2, -0.15) is 0 Å². The van der Waals surface area contributed by atoms with Crippen LogP contribution in [0.25, 0.3) is 5.65 Å². The first-order valence-corrected chi connectivity index (χ1v) is 7.03. The van der Waals surface area contributed by atoms with Gasteiger partial charge in [0.1, 0.15) is 11.2 Å². The lowest BCUT2D eigenvalue weighted by atomic mass is 10.2. The highest BCUT2D eigenvalue weighted by atomic mass is 16.6. The number of carbonyl (C=O) groups excluding carboxylic acids is 2. The maximum absolute atomic E-state index is 11.8. The number of nitrogens with one attached hydrogen (secondary N) is 2. The molecule has 7 nitrogen and oxygen atoms in total. The number of fused-ring (bicyclic) bond motifs is 1. The van der Waals surface area contributed by atoms with Gasteiger partial charge >= 0.3 is 6.09 Å². The Labute approximate surface area is 128 Å². The Morgan fingerprint density at radius 2 is 2.09 bits per heavy atom. The highest BCUT2D eigenvalue weighted by Crippen LogP contribution is 2.10. The third kappa shape index (κ3) is 4.76. The van der Waals surface area contributed by atoms with Gasteiger partial charge in [-0.15, -0.1) is 0 Å². The van der Waals surface area contributed by atoms with E-state index >= 15 is 0 Å². The van der Waals surface area contributed by atoms with Gasteiger partial charge in [0.05, 0.1) is 0 Å². The molecule has 0 aliphatic rings. The Bertz CT molecular complexity index is 673. The molecule has 0 bridgehead atoms. The molecule has 0 spiro atoms. The van der Waals surface area contributed by atoms with E-state index in [1.165, 1.54) is 0 Å². The number of aromatic nitrogens is 2. The summed E-state index contributed by atoms with van der Waals surface area (Å²) in [7, 11) is 0. The van der Waals surface area contributed by atoms with Crippen molar-refractivity contribution in [3.8, 4) is 0 Å². The predicted octanol–water partition coefficient (Wildman–Crippen LogP) is 2.19. The summed E-state index contributed by atoms with van der Waals surface area (Å²) in [6.07, 6.45) is 4.96. The second kappa shape index (κ2) is 6.46. The first-order valence-electron chi connectivity index (χ1n) is 7.03. The van der Waals surface area contributed by atoms with Crippen LogP contribution in [0.3, 0.4) is 0 Å². The molecule has 2 aromatic heterocycles. The number of ether oxygens (including phenoxy) is 1. The zero-order valence-electron chi connectivity index (χ0n) is 12.9. The molecule has 2 amide bonds. The summed E-state index contributed by atoms with van der Waals surface area (Å²) in [6, 6.07) is 3.56. The van der Waals surface area contributed by atoms with Crippen molar-refractivity contribution in [2.75, 3.05) is 11.9 Å². The van der Waals surface area contributed by atoms with E-state index in [0.29, 0.717) is 5.69 Å². The molecule has 2 heterocycles. The highest BCUT2D eigenvalue weighted by molar-refractivity contribution is 5.91. The molecule has 7 heteroatoms. The van der Waals surface area contributed by atoms with Crippen LogP contribution in [0.15, 0.2) is 30.7 Å². The quantitative estimate of drug-likeness (QED) is 0.906. The molecular weight excluding hydrogens is 284 g/mol. The van der Waals surface area contributed by atoms with Crippen LogP contribution in [-0.4, -0.2) is 33.5 Å². The number of pyridine rings is 1. The lowest BCUT2D eigenvalue weighted by Crippen LogP contribution is -2.34. The fourth-order valence-corrected chi connectivity index (χ4v) is 1.80. The Balaban J connectivity index is 1.77. The van der Waals surface area contributed by atoms with Crippen molar-refractivity contribution < 1.29 is 14.3 Å². The molecule has 2 N–H and O–H groups in total. The summed E-state index contributed by atoms with van der Waals surface area (Å²) in [5, 5.41) is 5.30. The second-order valence-electron chi connectivity index (χ2n) is 5.83. The molecule has 22 heavy (non-hydrogen) atoms. The molecule has 0 fully saturated rings. The molecule has 0 unspecified atom stereocenters. The van der Waals surface area contributed by atoms with Crippen LogP contribution in [0.5, 0.6) is 0 Å². The summed E-state index contributed by atoms with van der Waals surface area (Å²) in [5.41, 5.74) is 0.872. The van der Waals surface area contributed by atoms with E-state index in [9.17, 15) is 9.59 Å². The van der Waals surface area contributed by atoms with E-state index in [2.05, 4.69) is 15.6 Å². The van der Waals surface area contributed by atoms with Crippen molar-refractivity contribution >= 4 is 23.3 Å². The van der Waals surface area contributed by atoms with Gasteiger partial charge in [0.25, 0.3) is 0 Å². The van der Waals surface area contributed by atoms with Crippen molar-refractivity contribution in [1.82, 2.24) is 14.7 Å². The minimum absolute atomic E-state index is 0.166. The fraction of sp³-hybridized carbons (Fsp3) is 0.400. The zero-order chi connectivity index (χ0) is 16.2. The monoisotopic (exact) mass is 304 g/mol. The highest BCUT2D eigenvalue weighted by Gasteiger charge is 2.15. The van der Waals surface area contributed by atoms with Crippen LogP contribution < -0.4 is 10.6 Å². The van der Waals surface area contributed by atoms with Crippen LogP contribution in [0.1, 0.15) is 27.2 Å². The van der Waals surface area contributed by atoms with E-state index in [0.717, 1.165) is 5.65 Å². The van der Waals surface area contributed by atoms with Gasteiger partial charge < -0.3 is 19.8 Å². The summed E-state index contributed by atoms with van der Waals surface area (Å²) in [4.78, 5) is 27.4. The van der Waals surface area contributed by atoms with E-state index < -0.39 is 11.7 Å². The van der Waals surface area contributed by atoms with Crippen LogP contribution in [0.2, 0.25) is 0 Å². The molecule has 0 radical (unpaired) electrons. The van der Waals surface area contributed by atoms with Gasteiger partial charge in [0.15, 0.2) is 0 Å². The van der Waals surface area contributed by atoms with E-state index in [4.69, 9.17) is 4.74 Å². The zero-order valence-corrected chi connectivity index (χ0v) is 12.9. The number of carbonyl (C=O) groups is 2. The van der Waals surface area contributed by atoms with Crippen molar-refractivity contribution in [2.45, 2.75) is 32.8 Å². The number of hydrogen-bond acceptors (Lipinski definition) is 4. The smallest absolute Gasteiger partial charge is 0.407 e. The van der Waals surface area contributed by atoms with Crippen LogP contribution in [0.4, 0.5) is 10.5 Å². The molecule has 0 saturated heterocycles. The average molecular weight is 304 g/mol. The Hall–Kier alpha value is -2.57. The Morgan fingerprint density at radius 1 is 1.32 bits per heavy atom. The van der Waals surface area contributed by atoms with Gasteiger partial charge in [0, 0.05) is 43.3 Å². The van der Waals surface area contributed by atoms with E-state index in [1.807, 2.05) is 16.8 Å². The number of nitrogens with zero attached hydrogens (tertiary/aromatic N) is 2. The summed E-state index contributed by atoms with van der Waals surface area (Å²) in [6.45, 7) is 5.56. The van der Waals surface area contributed by atoms with Crippen LogP contribution >= 0.6 is 0 Å². The average Bonchev–Trinajstić information content (AvgIpc) is 2.83. The number of amides is 2. The third-order valence-electron chi connectivity index (χ3n) is 2.70. The van der Waals surface area contributed by atoms with Crippen molar-refractivity contribution in [2.24, 2.45) is 0 Å². The van der Waals surface area contributed by atoms with E-state index in [-0.39, 0.29) is 18.9 Å². The van der Waals surface area contributed by atoms with Crippen molar-refractivity contribution in [3.63, 3.8) is 0 Å². The maximum atomic E-state index is 11.8. The minimum Gasteiger partial charge on any atom is -0.444 e. The molecule has 2 aromatic rings. The number of rotatable bonds is 4. The predicted molar refractivity (Wildman–Crippen MR) is 82.7 cm³/mol. The topological polar surface area (TPSA) is 84.7 Å². The standard InChI is InChI=1S/C15H20N4O3/c1-15(2,3)22-14(21)17-6-4-13(20)18-11-5-8-19-9-7-16-12(19)10-11/h5,7-10H,4,6H2,1-3H3,(H,17,21)(H,18,20). The summed E-state index contributed by atoms with van der Waals surface area (Å²) >= 11 is 0. The van der Waals surface area contributed by atoms with Crippen molar-refractivity contribution in [3.05, 3.63) is 30.7 Å². The molecule has 2 rings (SSSR count). The van der Waals surface area contributed by atoms with E-state index in [1.54, 1.807) is 39.1 Å². The molecule has 0 aliphatic heterocycles. The Morgan fingerprint density at radius 3 is 2.82 bits per heavy atom. The molecule has 118 valence electrons. The Kier molecular flexibility index (Phi) is 4.65. The number of hydrogen-bond donors (Lipinski definition) is 2. The number of anilines is 1. The molecule has 0 atom stereocenters. The van der Waals surface area contributed by atoms with Crippen LogP contribution in [-0.2, 0) is 9.53 Å². The van der Waals surface area contributed by atoms with Gasteiger partial charge in [-0.05, 0) is 26.8 Å². The second-order valence-corrected chi connectivity index (χ2v) is 5.83. The molecular formula is C15H20N4O3. The van der Waals surface area contributed by atoms with Gasteiger partial charge in [-0.3, -0.25) is 4.79 Å². The first-order chi connectivity index (χ1) is 10.3. The molecule has 0 aromatic carbocycles. The molecule has 0 aliphatic carbocycles. The van der Waals surface area contributed by atoms with Gasteiger partial charge in [-0.1, -0.05) is 0 Å². The van der Waals surface area contributed by atoms with Gasteiger partial charge in [-0.25, -0.2) is 9.78 Å². The fourth-order valence-electron chi connectivity index (χ4n) is 1.80.